The molecular weight excluding hydrogens is 527 g/mol. The summed E-state index contributed by atoms with van der Waals surface area (Å²) in [7, 11) is 0. The molecule has 11 heteroatoms. The summed E-state index contributed by atoms with van der Waals surface area (Å²) in [6, 6.07) is 7.78. The molecule has 0 aliphatic carbocycles. The molecular formula is C27H26ClFN6O2S. The van der Waals surface area contributed by atoms with E-state index in [1.54, 1.807) is 34.7 Å². The molecule has 0 unspecified atom stereocenters. The normalized spacial score (nSPS) is 15.7. The van der Waals surface area contributed by atoms with Crippen molar-refractivity contribution in [2.45, 2.75) is 32.7 Å². The summed E-state index contributed by atoms with van der Waals surface area (Å²) in [5, 5.41) is 0.775. The van der Waals surface area contributed by atoms with Gasteiger partial charge >= 0.3 is 5.69 Å². The van der Waals surface area contributed by atoms with E-state index in [2.05, 4.69) is 23.5 Å². The van der Waals surface area contributed by atoms with Gasteiger partial charge < -0.3 is 9.80 Å². The van der Waals surface area contributed by atoms with Gasteiger partial charge in [-0.3, -0.25) is 4.79 Å². The predicted molar refractivity (Wildman–Crippen MR) is 149 cm³/mol. The van der Waals surface area contributed by atoms with Crippen LogP contribution in [0.15, 0.2) is 53.3 Å². The Morgan fingerprint density at radius 1 is 1.26 bits per heavy atom. The van der Waals surface area contributed by atoms with Gasteiger partial charge in [0.25, 0.3) is 0 Å². The van der Waals surface area contributed by atoms with E-state index in [0.717, 1.165) is 17.7 Å². The fraction of sp³-hybridized carbons (Fsp3) is 0.296. The number of aryl methyl sites for hydroxylation is 1. The number of rotatable bonds is 6. The van der Waals surface area contributed by atoms with Gasteiger partial charge in [0.05, 0.1) is 21.6 Å². The summed E-state index contributed by atoms with van der Waals surface area (Å²) in [5.74, 6) is 0.271. The molecule has 0 spiro atoms. The third kappa shape index (κ3) is 4.58. The zero-order valence-corrected chi connectivity index (χ0v) is 22.6. The van der Waals surface area contributed by atoms with Crippen LogP contribution in [0.5, 0.6) is 0 Å². The number of halogens is 2. The SMILES string of the molecule is C=CC(=O)N1CCN(c2nc(=O)n(-c3ncsc3CCC)c3nc(-c4ccccc4F)c(Cl)cc23)[C@@H](C)C1. The van der Waals surface area contributed by atoms with Gasteiger partial charge in [0.1, 0.15) is 11.6 Å². The molecule has 4 aromatic rings. The van der Waals surface area contributed by atoms with Crippen LogP contribution in [0.25, 0.3) is 28.1 Å². The summed E-state index contributed by atoms with van der Waals surface area (Å²) >= 11 is 8.16. The van der Waals surface area contributed by atoms with Crippen molar-refractivity contribution >= 4 is 45.7 Å². The molecule has 5 rings (SSSR count). The number of hydrogen-bond donors (Lipinski definition) is 0. The average Bonchev–Trinajstić information content (AvgIpc) is 3.36. The number of carbonyl (C=O) groups is 1. The highest BCUT2D eigenvalue weighted by molar-refractivity contribution is 7.10. The number of aromatic nitrogens is 4. The number of thiazole rings is 1. The Balaban J connectivity index is 1.75. The molecule has 4 heterocycles. The van der Waals surface area contributed by atoms with Gasteiger partial charge in [-0.05, 0) is 37.6 Å². The molecule has 1 aromatic carbocycles. The van der Waals surface area contributed by atoms with E-state index >= 15 is 0 Å². The third-order valence-corrected chi connectivity index (χ3v) is 7.79. The molecule has 0 bridgehead atoms. The molecule has 1 aliphatic rings. The van der Waals surface area contributed by atoms with Gasteiger partial charge in [-0.1, -0.05) is 43.7 Å². The average molecular weight is 553 g/mol. The molecule has 1 saturated heterocycles. The largest absolute Gasteiger partial charge is 0.357 e. The van der Waals surface area contributed by atoms with Gasteiger partial charge in [-0.15, -0.1) is 11.3 Å². The lowest BCUT2D eigenvalue weighted by molar-refractivity contribution is -0.126. The standard InChI is InChI=1S/C27H26ClFN6O2S/c1-4-8-21-26(30-15-38-21)35-25-18(13-19(28)23(31-25)17-9-6-7-10-20(17)29)24(32-27(35)37)34-12-11-33(14-16(34)3)22(36)5-2/h5-7,9-10,13,15-16H,2,4,8,11-12,14H2,1,3H3/t16-/m0/s1. The number of hydrogen-bond acceptors (Lipinski definition) is 7. The Morgan fingerprint density at radius 3 is 2.76 bits per heavy atom. The molecule has 38 heavy (non-hydrogen) atoms. The van der Waals surface area contributed by atoms with Gasteiger partial charge in [-0.25, -0.2) is 23.7 Å². The van der Waals surface area contributed by atoms with Gasteiger partial charge in [0.15, 0.2) is 11.5 Å². The summed E-state index contributed by atoms with van der Waals surface area (Å²) in [6.07, 6.45) is 2.91. The van der Waals surface area contributed by atoms with Crippen molar-refractivity contribution in [2.24, 2.45) is 0 Å². The number of benzene rings is 1. The Labute approximate surface area is 228 Å². The highest BCUT2D eigenvalue weighted by Crippen LogP contribution is 2.35. The van der Waals surface area contributed by atoms with Crippen LogP contribution >= 0.6 is 22.9 Å². The van der Waals surface area contributed by atoms with Crippen molar-refractivity contribution in [3.05, 3.63) is 74.7 Å². The molecule has 3 aromatic heterocycles. The smallest absolute Gasteiger partial charge is 0.350 e. The van der Waals surface area contributed by atoms with Gasteiger partial charge in [0, 0.05) is 36.1 Å². The minimum atomic E-state index is -0.540. The Morgan fingerprint density at radius 2 is 2.05 bits per heavy atom. The second-order valence-corrected chi connectivity index (χ2v) is 10.4. The molecule has 1 atom stereocenters. The van der Waals surface area contributed by atoms with Crippen LogP contribution in [0.1, 0.15) is 25.1 Å². The number of fused-ring (bicyclic) bond motifs is 1. The first-order valence-electron chi connectivity index (χ1n) is 12.3. The lowest BCUT2D eigenvalue weighted by Gasteiger charge is -2.40. The van der Waals surface area contributed by atoms with E-state index in [4.69, 9.17) is 16.6 Å². The van der Waals surface area contributed by atoms with Crippen LogP contribution in [0, 0.1) is 5.82 Å². The first-order valence-corrected chi connectivity index (χ1v) is 13.6. The topological polar surface area (TPSA) is 84.2 Å². The van der Waals surface area contributed by atoms with Crippen molar-refractivity contribution < 1.29 is 9.18 Å². The first-order chi connectivity index (χ1) is 18.3. The number of nitrogens with zero attached hydrogens (tertiary/aromatic N) is 6. The Hall–Kier alpha value is -3.63. The summed E-state index contributed by atoms with van der Waals surface area (Å²) in [6.45, 7) is 8.94. The molecule has 1 amide bonds. The number of pyridine rings is 1. The predicted octanol–water partition coefficient (Wildman–Crippen LogP) is 4.87. The summed E-state index contributed by atoms with van der Waals surface area (Å²) in [4.78, 5) is 44.2. The maximum Gasteiger partial charge on any atom is 0.357 e. The minimum absolute atomic E-state index is 0.140. The Bertz CT molecular complexity index is 1600. The maximum atomic E-state index is 14.8. The molecule has 0 radical (unpaired) electrons. The zero-order chi connectivity index (χ0) is 27.0. The minimum Gasteiger partial charge on any atom is -0.350 e. The van der Waals surface area contributed by atoms with E-state index in [-0.39, 0.29) is 28.2 Å². The molecule has 1 aliphatic heterocycles. The van der Waals surface area contributed by atoms with Crippen LogP contribution < -0.4 is 10.6 Å². The molecule has 8 nitrogen and oxygen atoms in total. The van der Waals surface area contributed by atoms with E-state index in [0.29, 0.717) is 42.3 Å². The number of amides is 1. The fourth-order valence-corrected chi connectivity index (χ4v) is 5.91. The van der Waals surface area contributed by atoms with Crippen LogP contribution in [0.3, 0.4) is 0 Å². The second-order valence-electron chi connectivity index (χ2n) is 9.10. The Kier molecular flexibility index (Phi) is 7.27. The van der Waals surface area contributed by atoms with Crippen molar-refractivity contribution in [2.75, 3.05) is 24.5 Å². The first kappa shape index (κ1) is 26.0. The molecule has 0 saturated carbocycles. The van der Waals surface area contributed by atoms with Crippen molar-refractivity contribution in [1.29, 1.82) is 0 Å². The maximum absolute atomic E-state index is 14.8. The van der Waals surface area contributed by atoms with Gasteiger partial charge in [-0.2, -0.15) is 4.98 Å². The number of piperazine rings is 1. The number of anilines is 1. The summed E-state index contributed by atoms with van der Waals surface area (Å²) in [5.41, 5.74) is 1.90. The van der Waals surface area contributed by atoms with Crippen LogP contribution in [0.2, 0.25) is 5.02 Å². The van der Waals surface area contributed by atoms with E-state index in [1.165, 1.54) is 28.0 Å². The zero-order valence-electron chi connectivity index (χ0n) is 21.0. The molecule has 1 fully saturated rings. The van der Waals surface area contributed by atoms with Crippen LogP contribution in [0.4, 0.5) is 10.2 Å². The lowest BCUT2D eigenvalue weighted by Crippen LogP contribution is -2.54. The van der Waals surface area contributed by atoms with E-state index in [1.807, 2.05) is 11.8 Å². The fourth-order valence-electron chi connectivity index (χ4n) is 4.80. The van der Waals surface area contributed by atoms with Gasteiger partial charge in [0.2, 0.25) is 5.91 Å². The lowest BCUT2D eigenvalue weighted by atomic mass is 10.1. The van der Waals surface area contributed by atoms with Crippen molar-refractivity contribution in [1.82, 2.24) is 24.4 Å². The number of carbonyl (C=O) groups excluding carboxylic acids is 1. The quantitative estimate of drug-likeness (QED) is 0.317. The monoisotopic (exact) mass is 552 g/mol. The highest BCUT2D eigenvalue weighted by atomic mass is 35.5. The van der Waals surface area contributed by atoms with E-state index in [9.17, 15) is 14.0 Å². The van der Waals surface area contributed by atoms with Crippen molar-refractivity contribution in [3.63, 3.8) is 0 Å². The van der Waals surface area contributed by atoms with Crippen LogP contribution in [-0.2, 0) is 11.2 Å². The van der Waals surface area contributed by atoms with Crippen LogP contribution in [-0.4, -0.2) is 56.0 Å². The van der Waals surface area contributed by atoms with E-state index < -0.39 is 11.5 Å². The van der Waals surface area contributed by atoms with Crippen molar-refractivity contribution in [3.8, 4) is 17.1 Å². The highest BCUT2D eigenvalue weighted by Gasteiger charge is 2.30. The third-order valence-electron chi connectivity index (χ3n) is 6.62. The second kappa shape index (κ2) is 10.6. The summed E-state index contributed by atoms with van der Waals surface area (Å²) < 4.78 is 16.2. The molecule has 0 N–H and O–H groups in total. The molecule has 196 valence electrons.